The Morgan fingerprint density at radius 3 is 2.36 bits per heavy atom. The molecule has 1 atom stereocenters. The highest BCUT2D eigenvalue weighted by molar-refractivity contribution is 5.75. The molecule has 14 heavy (non-hydrogen) atoms. The van der Waals surface area contributed by atoms with E-state index in [2.05, 4.69) is 6.92 Å². The quantitative estimate of drug-likeness (QED) is 0.796. The van der Waals surface area contributed by atoms with Gasteiger partial charge >= 0.3 is 5.97 Å². The molecule has 0 amide bonds. The molecule has 0 fully saturated rings. The average Bonchev–Trinajstić information content (AvgIpc) is 2.18. The highest BCUT2D eigenvalue weighted by atomic mass is 16.4. The Morgan fingerprint density at radius 1 is 1.36 bits per heavy atom. The summed E-state index contributed by atoms with van der Waals surface area (Å²) in [6.45, 7) is 3.84. The monoisotopic (exact) mass is 192 g/mol. The number of carbonyl (C=O) groups is 1. The molecule has 1 aromatic carbocycles. The zero-order valence-electron chi connectivity index (χ0n) is 8.66. The molecule has 0 saturated carbocycles. The molecule has 0 aliphatic heterocycles. The molecule has 0 bridgehead atoms. The van der Waals surface area contributed by atoms with Crippen LogP contribution in [0.3, 0.4) is 0 Å². The number of hydrogen-bond donors (Lipinski definition) is 1. The second-order valence-corrected chi connectivity index (χ2v) is 3.55. The van der Waals surface area contributed by atoms with Crippen LogP contribution in [0.25, 0.3) is 0 Å². The van der Waals surface area contributed by atoms with Crippen LogP contribution in [0.5, 0.6) is 0 Å². The minimum absolute atomic E-state index is 0.411. The van der Waals surface area contributed by atoms with E-state index in [0.717, 1.165) is 18.4 Å². The molecular weight excluding hydrogens is 176 g/mol. The van der Waals surface area contributed by atoms with Gasteiger partial charge in [-0.2, -0.15) is 0 Å². The van der Waals surface area contributed by atoms with Crippen LogP contribution in [0.1, 0.15) is 37.3 Å². The Kier molecular flexibility index (Phi) is 3.69. The van der Waals surface area contributed by atoms with E-state index in [0.29, 0.717) is 0 Å². The van der Waals surface area contributed by atoms with Crippen LogP contribution < -0.4 is 0 Å². The molecule has 0 radical (unpaired) electrons. The summed E-state index contributed by atoms with van der Waals surface area (Å²) in [6.07, 6.45) is 2.18. The van der Waals surface area contributed by atoms with E-state index in [-0.39, 0.29) is 0 Å². The van der Waals surface area contributed by atoms with Crippen molar-refractivity contribution in [3.05, 3.63) is 35.4 Å². The lowest BCUT2D eigenvalue weighted by Crippen LogP contribution is -2.07. The molecule has 76 valence electrons. The smallest absolute Gasteiger partial charge is 0.310 e. The first-order valence-electron chi connectivity index (χ1n) is 4.96. The Bertz CT molecular complexity index is 301. The topological polar surface area (TPSA) is 37.3 Å². The number of benzene rings is 1. The van der Waals surface area contributed by atoms with Crippen LogP contribution in [0.15, 0.2) is 24.3 Å². The lowest BCUT2D eigenvalue weighted by atomic mass is 9.99. The first-order chi connectivity index (χ1) is 6.65. The summed E-state index contributed by atoms with van der Waals surface area (Å²) in [6, 6.07) is 7.84. The SMILES string of the molecule is CCCc1ccc([C@@H](C)C(=O)O)cc1. The van der Waals surface area contributed by atoms with Gasteiger partial charge in [0.05, 0.1) is 5.92 Å². The molecule has 2 heteroatoms. The molecular formula is C12H16O2. The molecule has 0 saturated heterocycles. The highest BCUT2D eigenvalue weighted by Gasteiger charge is 2.12. The number of hydrogen-bond acceptors (Lipinski definition) is 1. The van der Waals surface area contributed by atoms with Gasteiger partial charge in [-0.05, 0) is 24.5 Å². The first-order valence-corrected chi connectivity index (χ1v) is 4.96. The van der Waals surface area contributed by atoms with E-state index in [1.165, 1.54) is 5.56 Å². The molecule has 2 nitrogen and oxygen atoms in total. The van der Waals surface area contributed by atoms with Gasteiger partial charge in [-0.25, -0.2) is 0 Å². The van der Waals surface area contributed by atoms with E-state index >= 15 is 0 Å². The third kappa shape index (κ3) is 2.59. The molecule has 1 N–H and O–H groups in total. The van der Waals surface area contributed by atoms with Gasteiger partial charge in [0.2, 0.25) is 0 Å². The van der Waals surface area contributed by atoms with Gasteiger partial charge < -0.3 is 5.11 Å². The zero-order chi connectivity index (χ0) is 10.6. The van der Waals surface area contributed by atoms with Gasteiger partial charge in [-0.3, -0.25) is 4.79 Å². The lowest BCUT2D eigenvalue weighted by molar-refractivity contribution is -0.138. The molecule has 0 aromatic heterocycles. The maximum atomic E-state index is 10.7. The fraction of sp³-hybridized carbons (Fsp3) is 0.417. The van der Waals surface area contributed by atoms with E-state index in [1.807, 2.05) is 24.3 Å². The maximum absolute atomic E-state index is 10.7. The number of rotatable bonds is 4. The number of aliphatic carboxylic acids is 1. The average molecular weight is 192 g/mol. The van der Waals surface area contributed by atoms with Crippen molar-refractivity contribution in [3.63, 3.8) is 0 Å². The standard InChI is InChI=1S/C12H16O2/c1-3-4-10-5-7-11(8-6-10)9(2)12(13)14/h5-9H,3-4H2,1-2H3,(H,13,14)/t9-/m1/s1. The van der Waals surface area contributed by atoms with Crippen molar-refractivity contribution in [2.24, 2.45) is 0 Å². The zero-order valence-corrected chi connectivity index (χ0v) is 8.66. The Morgan fingerprint density at radius 2 is 1.93 bits per heavy atom. The molecule has 0 aliphatic rings. The second-order valence-electron chi connectivity index (χ2n) is 3.55. The largest absolute Gasteiger partial charge is 0.481 e. The molecule has 0 aliphatic carbocycles. The van der Waals surface area contributed by atoms with Gasteiger partial charge in [-0.1, -0.05) is 37.6 Å². The minimum Gasteiger partial charge on any atom is -0.481 e. The molecule has 1 aromatic rings. The Balaban J connectivity index is 2.77. The summed E-state index contributed by atoms with van der Waals surface area (Å²) in [5, 5.41) is 8.81. The predicted octanol–water partition coefficient (Wildman–Crippen LogP) is 2.83. The lowest BCUT2D eigenvalue weighted by Gasteiger charge is -2.07. The van der Waals surface area contributed by atoms with Crippen LogP contribution in [0.4, 0.5) is 0 Å². The van der Waals surface area contributed by atoms with E-state index in [9.17, 15) is 4.79 Å². The van der Waals surface area contributed by atoms with Gasteiger partial charge in [-0.15, -0.1) is 0 Å². The highest BCUT2D eigenvalue weighted by Crippen LogP contribution is 2.16. The van der Waals surface area contributed by atoms with Gasteiger partial charge in [0.25, 0.3) is 0 Å². The summed E-state index contributed by atoms with van der Waals surface area (Å²) in [7, 11) is 0. The minimum atomic E-state index is -0.770. The van der Waals surface area contributed by atoms with Gasteiger partial charge in [0.1, 0.15) is 0 Å². The first kappa shape index (κ1) is 10.8. The van der Waals surface area contributed by atoms with E-state index in [4.69, 9.17) is 5.11 Å². The van der Waals surface area contributed by atoms with Crippen LogP contribution in [-0.2, 0) is 11.2 Å². The van der Waals surface area contributed by atoms with Crippen LogP contribution in [-0.4, -0.2) is 11.1 Å². The number of carboxylic acid groups (broad SMARTS) is 1. The Labute approximate surface area is 84.6 Å². The van der Waals surface area contributed by atoms with Crippen LogP contribution >= 0.6 is 0 Å². The van der Waals surface area contributed by atoms with Crippen molar-refractivity contribution >= 4 is 5.97 Å². The molecule has 0 spiro atoms. The summed E-state index contributed by atoms with van der Waals surface area (Å²) in [4.78, 5) is 10.7. The summed E-state index contributed by atoms with van der Waals surface area (Å²) in [5.74, 6) is -1.18. The van der Waals surface area contributed by atoms with Crippen molar-refractivity contribution in [3.8, 4) is 0 Å². The van der Waals surface area contributed by atoms with Gasteiger partial charge in [0.15, 0.2) is 0 Å². The number of aryl methyl sites for hydroxylation is 1. The molecule has 0 unspecified atom stereocenters. The van der Waals surface area contributed by atoms with Crippen molar-refractivity contribution < 1.29 is 9.90 Å². The third-order valence-electron chi connectivity index (χ3n) is 2.39. The van der Waals surface area contributed by atoms with Crippen molar-refractivity contribution in [1.82, 2.24) is 0 Å². The van der Waals surface area contributed by atoms with Crippen molar-refractivity contribution in [1.29, 1.82) is 0 Å². The molecule has 1 rings (SSSR count). The molecule has 0 heterocycles. The predicted molar refractivity (Wildman–Crippen MR) is 56.5 cm³/mol. The fourth-order valence-electron chi connectivity index (χ4n) is 1.40. The summed E-state index contributed by atoms with van der Waals surface area (Å²) in [5.41, 5.74) is 2.14. The summed E-state index contributed by atoms with van der Waals surface area (Å²) >= 11 is 0. The number of carboxylic acids is 1. The Hall–Kier alpha value is -1.31. The van der Waals surface area contributed by atoms with Crippen molar-refractivity contribution in [2.75, 3.05) is 0 Å². The van der Waals surface area contributed by atoms with E-state index < -0.39 is 11.9 Å². The van der Waals surface area contributed by atoms with Crippen LogP contribution in [0, 0.1) is 0 Å². The van der Waals surface area contributed by atoms with Crippen LogP contribution in [0.2, 0.25) is 0 Å². The fourth-order valence-corrected chi connectivity index (χ4v) is 1.40. The van der Waals surface area contributed by atoms with Crippen molar-refractivity contribution in [2.45, 2.75) is 32.6 Å². The van der Waals surface area contributed by atoms with Gasteiger partial charge in [0, 0.05) is 0 Å². The van der Waals surface area contributed by atoms with E-state index in [1.54, 1.807) is 6.92 Å². The second kappa shape index (κ2) is 4.80. The maximum Gasteiger partial charge on any atom is 0.310 e. The summed E-state index contributed by atoms with van der Waals surface area (Å²) < 4.78 is 0. The normalized spacial score (nSPS) is 12.4. The third-order valence-corrected chi connectivity index (χ3v) is 2.39.